The van der Waals surface area contributed by atoms with Crippen LogP contribution in [0.3, 0.4) is 0 Å². The molecule has 0 radical (unpaired) electrons. The predicted octanol–water partition coefficient (Wildman–Crippen LogP) is 3.91. The fraction of sp³-hybridized carbons (Fsp3) is 0.533. The number of hydrogen-bond donors (Lipinski definition) is 0. The summed E-state index contributed by atoms with van der Waals surface area (Å²) in [4.78, 5) is 24.9. The Hall–Kier alpha value is -1.63. The minimum Gasteiger partial charge on any atom is -0.462 e. The van der Waals surface area contributed by atoms with E-state index in [0.717, 1.165) is 25.8 Å². The number of anilines is 1. The number of carbonyl (C=O) groups excluding carboxylic acids is 1. The molecule has 120 valence electrons. The summed E-state index contributed by atoms with van der Waals surface area (Å²) in [6, 6.07) is 3.14. The number of carbonyl (C=O) groups is 1. The van der Waals surface area contributed by atoms with Crippen LogP contribution in [0.2, 0.25) is 0 Å². The molecule has 0 spiro atoms. The van der Waals surface area contributed by atoms with Gasteiger partial charge in [-0.25, -0.2) is 4.79 Å². The van der Waals surface area contributed by atoms with Gasteiger partial charge in [0.15, 0.2) is 0 Å². The average Bonchev–Trinajstić information content (AvgIpc) is 2.47. The second kappa shape index (κ2) is 7.09. The number of esters is 1. The van der Waals surface area contributed by atoms with Crippen molar-refractivity contribution in [2.45, 2.75) is 39.2 Å². The first-order valence-electron chi connectivity index (χ1n) is 7.37. The maximum Gasteiger partial charge on any atom is 0.338 e. The van der Waals surface area contributed by atoms with Crippen LogP contribution in [0.4, 0.5) is 11.4 Å². The fourth-order valence-electron chi connectivity index (χ4n) is 2.77. The number of halogens is 1. The normalized spacial score (nSPS) is 18.1. The molecule has 1 saturated heterocycles. The zero-order valence-electron chi connectivity index (χ0n) is 12.7. The van der Waals surface area contributed by atoms with Crippen LogP contribution in [0.25, 0.3) is 0 Å². The molecule has 0 saturated carbocycles. The lowest BCUT2D eigenvalue weighted by atomic mass is 10.0. The van der Waals surface area contributed by atoms with Crippen molar-refractivity contribution >= 4 is 33.3 Å². The lowest BCUT2D eigenvalue weighted by molar-refractivity contribution is -0.384. The summed E-state index contributed by atoms with van der Waals surface area (Å²) in [6.07, 6.45) is 3.14. The Morgan fingerprint density at radius 3 is 2.82 bits per heavy atom. The second-order valence-corrected chi connectivity index (χ2v) is 6.20. The van der Waals surface area contributed by atoms with Crippen LogP contribution in [0, 0.1) is 10.1 Å². The minimum absolute atomic E-state index is 0.0637. The van der Waals surface area contributed by atoms with Crippen molar-refractivity contribution in [3.8, 4) is 0 Å². The highest BCUT2D eigenvalue weighted by Gasteiger charge is 2.29. The van der Waals surface area contributed by atoms with Crippen molar-refractivity contribution in [3.05, 3.63) is 32.3 Å². The Bertz CT molecular complexity index is 591. The van der Waals surface area contributed by atoms with Gasteiger partial charge in [0, 0.05) is 23.1 Å². The number of ether oxygens (including phenoxy) is 1. The number of nitro groups is 1. The van der Waals surface area contributed by atoms with E-state index in [9.17, 15) is 14.9 Å². The molecule has 0 unspecified atom stereocenters. The van der Waals surface area contributed by atoms with Gasteiger partial charge in [0.05, 0.1) is 17.1 Å². The van der Waals surface area contributed by atoms with Crippen LogP contribution in [-0.4, -0.2) is 30.1 Å². The fourth-order valence-corrected chi connectivity index (χ4v) is 3.45. The van der Waals surface area contributed by atoms with E-state index in [-0.39, 0.29) is 23.9 Å². The molecule has 1 aliphatic heterocycles. The van der Waals surface area contributed by atoms with Crippen molar-refractivity contribution in [2.24, 2.45) is 0 Å². The van der Waals surface area contributed by atoms with Gasteiger partial charge >= 0.3 is 5.97 Å². The van der Waals surface area contributed by atoms with Gasteiger partial charge in [-0.15, -0.1) is 0 Å². The van der Waals surface area contributed by atoms with Gasteiger partial charge in [0.25, 0.3) is 5.69 Å². The molecule has 22 heavy (non-hydrogen) atoms. The van der Waals surface area contributed by atoms with Gasteiger partial charge in [0.2, 0.25) is 0 Å². The van der Waals surface area contributed by atoms with Gasteiger partial charge < -0.3 is 9.64 Å². The third-order valence-corrected chi connectivity index (χ3v) is 4.45. The van der Waals surface area contributed by atoms with Crippen molar-refractivity contribution in [1.82, 2.24) is 0 Å². The molecule has 0 bridgehead atoms. The van der Waals surface area contributed by atoms with Gasteiger partial charge in [-0.3, -0.25) is 10.1 Å². The second-order valence-electron chi connectivity index (χ2n) is 5.34. The molecular weight excluding hydrogens is 352 g/mol. The lowest BCUT2D eigenvalue weighted by Gasteiger charge is -2.35. The van der Waals surface area contributed by atoms with Crippen LogP contribution < -0.4 is 4.90 Å². The monoisotopic (exact) mass is 370 g/mol. The summed E-state index contributed by atoms with van der Waals surface area (Å²) >= 11 is 3.39. The highest BCUT2D eigenvalue weighted by atomic mass is 79.9. The molecule has 1 heterocycles. The molecular formula is C15H19BrN2O4. The summed E-state index contributed by atoms with van der Waals surface area (Å²) in [5, 5.41) is 11.5. The van der Waals surface area contributed by atoms with Gasteiger partial charge in [-0.1, -0.05) is 0 Å². The molecule has 1 atom stereocenters. The number of nitrogens with zero attached hydrogens (tertiary/aromatic N) is 2. The first-order valence-corrected chi connectivity index (χ1v) is 8.16. The summed E-state index contributed by atoms with van der Waals surface area (Å²) < 4.78 is 5.48. The Balaban J connectivity index is 2.49. The Labute approximate surface area is 137 Å². The minimum atomic E-state index is -0.551. The van der Waals surface area contributed by atoms with Gasteiger partial charge in [-0.05, 0) is 55.1 Å². The van der Waals surface area contributed by atoms with Crippen molar-refractivity contribution in [1.29, 1.82) is 0 Å². The maximum absolute atomic E-state index is 11.8. The molecule has 1 fully saturated rings. The first-order chi connectivity index (χ1) is 10.5. The number of nitro benzene ring substituents is 1. The standard InChI is InChI=1S/C15H19BrN2O4/c1-3-22-15(19)11-8-12(16)14(13(9-11)18(20)21)17-7-5-4-6-10(17)2/h8-10H,3-7H2,1-2H3/t10-/m1/s1. The van der Waals surface area contributed by atoms with Crippen LogP contribution in [-0.2, 0) is 4.74 Å². The molecule has 0 aliphatic carbocycles. The molecule has 7 heteroatoms. The van der Waals surface area contributed by atoms with E-state index in [1.54, 1.807) is 13.0 Å². The topological polar surface area (TPSA) is 72.7 Å². The van der Waals surface area contributed by atoms with E-state index >= 15 is 0 Å². The highest BCUT2D eigenvalue weighted by molar-refractivity contribution is 9.10. The molecule has 0 amide bonds. The number of hydrogen-bond acceptors (Lipinski definition) is 5. The number of rotatable bonds is 4. The van der Waals surface area contributed by atoms with Crippen LogP contribution in [0.15, 0.2) is 16.6 Å². The maximum atomic E-state index is 11.8. The average molecular weight is 371 g/mol. The van der Waals surface area contributed by atoms with Crippen molar-refractivity contribution < 1.29 is 14.5 Å². The molecule has 0 N–H and O–H groups in total. The number of piperidine rings is 1. The molecule has 1 aromatic carbocycles. The van der Waals surface area contributed by atoms with Crippen molar-refractivity contribution in [2.75, 3.05) is 18.1 Å². The summed E-state index contributed by atoms with van der Waals surface area (Å²) in [7, 11) is 0. The van der Waals surface area contributed by atoms with E-state index in [0.29, 0.717) is 10.2 Å². The molecule has 2 rings (SSSR count). The third kappa shape index (κ3) is 3.40. The predicted molar refractivity (Wildman–Crippen MR) is 87.4 cm³/mol. The third-order valence-electron chi connectivity index (χ3n) is 3.84. The Kier molecular flexibility index (Phi) is 5.39. The molecule has 1 aromatic rings. The quantitative estimate of drug-likeness (QED) is 0.456. The van der Waals surface area contributed by atoms with Crippen LogP contribution >= 0.6 is 15.9 Å². The lowest BCUT2D eigenvalue weighted by Crippen LogP contribution is -2.38. The van der Waals surface area contributed by atoms with E-state index < -0.39 is 10.9 Å². The summed E-state index contributed by atoms with van der Waals surface area (Å²) in [5.74, 6) is -0.551. The number of benzene rings is 1. The Morgan fingerprint density at radius 1 is 1.50 bits per heavy atom. The van der Waals surface area contributed by atoms with Crippen molar-refractivity contribution in [3.63, 3.8) is 0 Å². The molecule has 1 aliphatic rings. The van der Waals surface area contributed by atoms with Crippen LogP contribution in [0.5, 0.6) is 0 Å². The smallest absolute Gasteiger partial charge is 0.338 e. The Morgan fingerprint density at radius 2 is 2.23 bits per heavy atom. The SMILES string of the molecule is CCOC(=O)c1cc(Br)c(N2CCCC[C@H]2C)c([N+](=O)[O-])c1. The molecule has 0 aromatic heterocycles. The summed E-state index contributed by atoms with van der Waals surface area (Å²) in [5.41, 5.74) is 0.672. The van der Waals surface area contributed by atoms with E-state index in [4.69, 9.17) is 4.74 Å². The van der Waals surface area contributed by atoms with E-state index in [1.165, 1.54) is 6.07 Å². The summed E-state index contributed by atoms with van der Waals surface area (Å²) in [6.45, 7) is 4.77. The van der Waals surface area contributed by atoms with Gasteiger partial charge in [0.1, 0.15) is 5.69 Å². The highest BCUT2D eigenvalue weighted by Crippen LogP contribution is 2.40. The van der Waals surface area contributed by atoms with Gasteiger partial charge in [-0.2, -0.15) is 0 Å². The first kappa shape index (κ1) is 16.7. The van der Waals surface area contributed by atoms with Crippen LogP contribution in [0.1, 0.15) is 43.5 Å². The molecule has 6 nitrogen and oxygen atoms in total. The van der Waals surface area contributed by atoms with E-state index in [2.05, 4.69) is 22.9 Å². The van der Waals surface area contributed by atoms with E-state index in [1.807, 2.05) is 4.90 Å². The largest absolute Gasteiger partial charge is 0.462 e. The zero-order valence-corrected chi connectivity index (χ0v) is 14.3. The zero-order chi connectivity index (χ0) is 16.3.